The van der Waals surface area contributed by atoms with E-state index in [0.717, 1.165) is 5.56 Å². The molecule has 1 rings (SSSR count). The third kappa shape index (κ3) is 5.80. The molecule has 0 unspecified atom stereocenters. The Bertz CT molecular complexity index is 449. The summed E-state index contributed by atoms with van der Waals surface area (Å²) in [5, 5.41) is 0. The summed E-state index contributed by atoms with van der Waals surface area (Å²) in [6.07, 6.45) is 0. The van der Waals surface area contributed by atoms with Crippen molar-refractivity contribution in [3.05, 3.63) is 29.8 Å². The average molecular weight is 370 g/mol. The van der Waals surface area contributed by atoms with Gasteiger partial charge in [-0.2, -0.15) is 4.72 Å². The van der Waals surface area contributed by atoms with Crippen LogP contribution in [0.2, 0.25) is 0 Å². The molecule has 0 heterocycles. The number of aryl methyl sites for hydroxylation is 1. The molecule has 0 amide bonds. The van der Waals surface area contributed by atoms with E-state index < -0.39 is 10.0 Å². The Labute approximate surface area is 121 Å². The predicted octanol–water partition coefficient (Wildman–Crippen LogP) is -2.06. The molecular formula is C11H19IN2O2S. The molecule has 1 N–H and O–H groups in total. The van der Waals surface area contributed by atoms with E-state index >= 15 is 0 Å². The molecule has 0 aliphatic carbocycles. The maximum Gasteiger partial charge on any atom is 0.244 e. The average Bonchev–Trinajstić information content (AvgIpc) is 2.15. The Morgan fingerprint density at radius 2 is 1.59 bits per heavy atom. The Hall–Kier alpha value is -0.180. The molecule has 98 valence electrons. The van der Waals surface area contributed by atoms with Crippen molar-refractivity contribution in [2.24, 2.45) is 0 Å². The molecule has 0 spiro atoms. The van der Waals surface area contributed by atoms with Crippen molar-refractivity contribution >= 4 is 10.0 Å². The molecule has 0 aromatic heterocycles. The van der Waals surface area contributed by atoms with Gasteiger partial charge in [0.05, 0.1) is 26.0 Å². The summed E-state index contributed by atoms with van der Waals surface area (Å²) in [6, 6.07) is 6.82. The summed E-state index contributed by atoms with van der Waals surface area (Å²) in [6.45, 7) is 2.30. The number of benzene rings is 1. The van der Waals surface area contributed by atoms with Crippen molar-refractivity contribution in [1.82, 2.24) is 4.72 Å². The first-order chi connectivity index (χ1) is 7.21. The van der Waals surface area contributed by atoms with Crippen molar-refractivity contribution in [1.29, 1.82) is 0 Å². The number of rotatable bonds is 4. The van der Waals surface area contributed by atoms with Gasteiger partial charge < -0.3 is 28.5 Å². The molecule has 6 heteroatoms. The number of nitrogens with one attached hydrogen (secondary N) is 1. The SMILES string of the molecule is Cc1ccc(S(=O)(=O)NC[N+](C)(C)C)cc1.[I-]. The molecule has 0 saturated heterocycles. The maximum atomic E-state index is 11.9. The summed E-state index contributed by atoms with van der Waals surface area (Å²) in [5.41, 5.74) is 1.05. The van der Waals surface area contributed by atoms with Gasteiger partial charge in [0.15, 0.2) is 0 Å². The normalized spacial score (nSPS) is 12.0. The molecule has 1 aromatic carbocycles. The number of hydrogen-bond acceptors (Lipinski definition) is 2. The van der Waals surface area contributed by atoms with Crippen molar-refractivity contribution < 1.29 is 36.9 Å². The molecular weight excluding hydrogens is 351 g/mol. The molecule has 0 aliphatic rings. The number of nitrogens with zero attached hydrogens (tertiary/aromatic N) is 1. The zero-order valence-electron chi connectivity index (χ0n) is 10.6. The number of sulfonamides is 1. The van der Waals surface area contributed by atoms with Gasteiger partial charge in [-0.15, -0.1) is 0 Å². The van der Waals surface area contributed by atoms with Crippen LogP contribution in [0.1, 0.15) is 5.56 Å². The molecule has 0 radical (unpaired) electrons. The van der Waals surface area contributed by atoms with Crippen LogP contribution >= 0.6 is 0 Å². The Balaban J connectivity index is 0.00000256. The van der Waals surface area contributed by atoms with E-state index in [2.05, 4.69) is 4.72 Å². The molecule has 17 heavy (non-hydrogen) atoms. The first-order valence-electron chi connectivity index (χ1n) is 5.07. The van der Waals surface area contributed by atoms with Crippen LogP contribution in [0.4, 0.5) is 0 Å². The van der Waals surface area contributed by atoms with Crippen molar-refractivity contribution in [3.8, 4) is 0 Å². The van der Waals surface area contributed by atoms with E-state index in [1.165, 1.54) is 0 Å². The number of quaternary nitrogens is 1. The van der Waals surface area contributed by atoms with Crippen molar-refractivity contribution in [2.75, 3.05) is 27.8 Å². The second-order valence-electron chi connectivity index (χ2n) is 4.91. The minimum Gasteiger partial charge on any atom is -1.00 e. The summed E-state index contributed by atoms with van der Waals surface area (Å²) in [5.74, 6) is 0. The number of halogens is 1. The van der Waals surface area contributed by atoms with Crippen LogP contribution in [-0.2, 0) is 10.0 Å². The van der Waals surface area contributed by atoms with Crippen molar-refractivity contribution in [3.63, 3.8) is 0 Å². The molecule has 0 fully saturated rings. The highest BCUT2D eigenvalue weighted by molar-refractivity contribution is 7.89. The van der Waals surface area contributed by atoms with E-state index in [1.807, 2.05) is 28.1 Å². The zero-order chi connectivity index (χ0) is 12.4. The topological polar surface area (TPSA) is 46.2 Å². The highest BCUT2D eigenvalue weighted by Crippen LogP contribution is 2.09. The molecule has 0 saturated carbocycles. The van der Waals surface area contributed by atoms with E-state index in [4.69, 9.17) is 0 Å². The van der Waals surface area contributed by atoms with Crippen LogP contribution in [0.25, 0.3) is 0 Å². The summed E-state index contributed by atoms with van der Waals surface area (Å²) in [4.78, 5) is 0.312. The number of hydrogen-bond donors (Lipinski definition) is 1. The van der Waals surface area contributed by atoms with Gasteiger partial charge in [0.2, 0.25) is 10.0 Å². The van der Waals surface area contributed by atoms with Crippen LogP contribution < -0.4 is 28.7 Å². The van der Waals surface area contributed by atoms with Gasteiger partial charge in [0.25, 0.3) is 0 Å². The maximum absolute atomic E-state index is 11.9. The first-order valence-corrected chi connectivity index (χ1v) is 6.56. The smallest absolute Gasteiger partial charge is 0.244 e. The first kappa shape index (κ1) is 16.8. The highest BCUT2D eigenvalue weighted by Gasteiger charge is 2.17. The minimum absolute atomic E-state index is 0. The van der Waals surface area contributed by atoms with Gasteiger partial charge in [0, 0.05) is 0 Å². The van der Waals surface area contributed by atoms with Crippen LogP contribution in [0, 0.1) is 6.92 Å². The Morgan fingerprint density at radius 1 is 1.12 bits per heavy atom. The fourth-order valence-electron chi connectivity index (χ4n) is 1.08. The third-order valence-electron chi connectivity index (χ3n) is 2.06. The van der Waals surface area contributed by atoms with E-state index in [0.29, 0.717) is 16.0 Å². The largest absolute Gasteiger partial charge is 1.00 e. The molecule has 0 atom stereocenters. The lowest BCUT2D eigenvalue weighted by molar-refractivity contribution is -0.871. The second-order valence-corrected chi connectivity index (χ2v) is 6.68. The quantitative estimate of drug-likeness (QED) is 0.377. The van der Waals surface area contributed by atoms with Gasteiger partial charge in [-0.05, 0) is 19.1 Å². The Kier molecular flexibility index (Phi) is 6.06. The van der Waals surface area contributed by atoms with Gasteiger partial charge in [-0.25, -0.2) is 8.42 Å². The van der Waals surface area contributed by atoms with Crippen LogP contribution in [0.5, 0.6) is 0 Å². The lowest BCUT2D eigenvalue weighted by atomic mass is 10.2. The molecule has 0 aliphatic heterocycles. The monoisotopic (exact) mass is 370 g/mol. The van der Waals surface area contributed by atoms with E-state index in [9.17, 15) is 8.42 Å². The lowest BCUT2D eigenvalue weighted by Crippen LogP contribution is -3.00. The lowest BCUT2D eigenvalue weighted by Gasteiger charge is -2.23. The van der Waals surface area contributed by atoms with E-state index in [-0.39, 0.29) is 24.0 Å². The van der Waals surface area contributed by atoms with Crippen molar-refractivity contribution in [2.45, 2.75) is 11.8 Å². The van der Waals surface area contributed by atoms with Crippen LogP contribution in [0.15, 0.2) is 29.2 Å². The van der Waals surface area contributed by atoms with E-state index in [1.54, 1.807) is 24.3 Å². The minimum atomic E-state index is -3.38. The fourth-order valence-corrected chi connectivity index (χ4v) is 2.30. The molecule has 1 aromatic rings. The zero-order valence-corrected chi connectivity index (χ0v) is 13.5. The van der Waals surface area contributed by atoms with Crippen LogP contribution in [0.3, 0.4) is 0 Å². The summed E-state index contributed by atoms with van der Waals surface area (Å²) >= 11 is 0. The predicted molar refractivity (Wildman–Crippen MR) is 64.4 cm³/mol. The fraction of sp³-hybridized carbons (Fsp3) is 0.455. The van der Waals surface area contributed by atoms with Gasteiger partial charge in [-0.3, -0.25) is 0 Å². The molecule has 4 nitrogen and oxygen atoms in total. The van der Waals surface area contributed by atoms with Gasteiger partial charge in [0.1, 0.15) is 6.67 Å². The summed E-state index contributed by atoms with van der Waals surface area (Å²) < 4.78 is 26.9. The van der Waals surface area contributed by atoms with Gasteiger partial charge in [-0.1, -0.05) is 17.7 Å². The standard InChI is InChI=1S/C11H19N2O2S.HI/c1-10-5-7-11(8-6-10)16(14,15)12-9-13(2,3)4;/h5-8,12H,9H2,1-4H3;1H/q+1;/p-1. The highest BCUT2D eigenvalue weighted by atomic mass is 127. The van der Waals surface area contributed by atoms with Crippen LogP contribution in [-0.4, -0.2) is 40.7 Å². The third-order valence-corrected chi connectivity index (χ3v) is 3.46. The van der Waals surface area contributed by atoms with Gasteiger partial charge >= 0.3 is 0 Å². The molecule has 0 bridgehead atoms. The Morgan fingerprint density at radius 3 is 2.00 bits per heavy atom. The summed E-state index contributed by atoms with van der Waals surface area (Å²) in [7, 11) is 2.41. The second kappa shape index (κ2) is 6.12.